The summed E-state index contributed by atoms with van der Waals surface area (Å²) in [5.74, 6) is 2.46. The van der Waals surface area contributed by atoms with Crippen LogP contribution in [-0.2, 0) is 10.5 Å². The lowest BCUT2D eigenvalue weighted by Crippen LogP contribution is -2.13. The molecular formula is C22H25N3O2S. The predicted molar refractivity (Wildman–Crippen MR) is 115 cm³/mol. The SMILES string of the molecule is COc1ccccc1CSCCC(=O)Nc1c(C)nn(-c2ccccc2)c1C. The topological polar surface area (TPSA) is 56.1 Å². The standard InChI is InChI=1S/C22H25N3O2S/c1-16-22(17(2)25(24-16)19-10-5-4-6-11-19)23-21(26)13-14-28-15-18-9-7-8-12-20(18)27-3/h4-12H,13-15H2,1-3H3,(H,23,26). The number of thioether (sulfide) groups is 1. The van der Waals surface area contributed by atoms with E-state index in [-0.39, 0.29) is 5.91 Å². The fourth-order valence-corrected chi connectivity index (χ4v) is 3.95. The number of rotatable bonds is 8. The van der Waals surface area contributed by atoms with Crippen LogP contribution < -0.4 is 10.1 Å². The third kappa shape index (κ3) is 4.75. The highest BCUT2D eigenvalue weighted by atomic mass is 32.2. The van der Waals surface area contributed by atoms with Gasteiger partial charge in [-0.25, -0.2) is 4.68 Å². The number of ether oxygens (including phenoxy) is 1. The summed E-state index contributed by atoms with van der Waals surface area (Å²) in [6.07, 6.45) is 0.454. The van der Waals surface area contributed by atoms with Gasteiger partial charge < -0.3 is 10.1 Å². The highest BCUT2D eigenvalue weighted by molar-refractivity contribution is 7.98. The second-order valence-corrected chi connectivity index (χ2v) is 7.56. The summed E-state index contributed by atoms with van der Waals surface area (Å²) in [7, 11) is 1.68. The van der Waals surface area contributed by atoms with Gasteiger partial charge in [0.1, 0.15) is 5.75 Å². The molecule has 0 unspecified atom stereocenters. The Morgan fingerprint density at radius 2 is 1.82 bits per heavy atom. The smallest absolute Gasteiger partial charge is 0.225 e. The zero-order valence-corrected chi connectivity index (χ0v) is 17.3. The molecule has 2 aromatic carbocycles. The van der Waals surface area contributed by atoms with Crippen LogP contribution in [0.5, 0.6) is 5.75 Å². The first-order chi connectivity index (χ1) is 13.6. The van der Waals surface area contributed by atoms with Crippen LogP contribution in [0, 0.1) is 13.8 Å². The number of hydrogen-bond donors (Lipinski definition) is 1. The van der Waals surface area contributed by atoms with Crippen LogP contribution in [0.2, 0.25) is 0 Å². The first kappa shape index (κ1) is 20.0. The number of benzene rings is 2. The molecule has 0 aliphatic rings. The van der Waals surface area contributed by atoms with E-state index in [1.165, 1.54) is 0 Å². The maximum Gasteiger partial charge on any atom is 0.225 e. The molecule has 0 saturated heterocycles. The molecule has 0 aliphatic heterocycles. The van der Waals surface area contributed by atoms with Gasteiger partial charge in [0.2, 0.25) is 5.91 Å². The molecule has 6 heteroatoms. The summed E-state index contributed by atoms with van der Waals surface area (Å²) >= 11 is 1.72. The van der Waals surface area contributed by atoms with Crippen molar-refractivity contribution in [2.75, 3.05) is 18.2 Å². The first-order valence-corrected chi connectivity index (χ1v) is 10.4. The molecule has 0 bridgehead atoms. The Morgan fingerprint density at radius 3 is 2.57 bits per heavy atom. The van der Waals surface area contributed by atoms with Crippen LogP contribution in [0.4, 0.5) is 5.69 Å². The van der Waals surface area contributed by atoms with Crippen molar-refractivity contribution in [3.63, 3.8) is 0 Å². The van der Waals surface area contributed by atoms with Crippen molar-refractivity contribution in [3.05, 3.63) is 71.5 Å². The number of nitrogens with one attached hydrogen (secondary N) is 1. The number of aryl methyl sites for hydroxylation is 1. The summed E-state index contributed by atoms with van der Waals surface area (Å²) in [6.45, 7) is 3.89. The van der Waals surface area contributed by atoms with Gasteiger partial charge in [-0.15, -0.1) is 0 Å². The third-order valence-corrected chi connectivity index (χ3v) is 5.49. The van der Waals surface area contributed by atoms with Gasteiger partial charge in [-0.2, -0.15) is 16.9 Å². The number of carbonyl (C=O) groups excluding carboxylic acids is 1. The lowest BCUT2D eigenvalue weighted by atomic mass is 10.2. The zero-order chi connectivity index (χ0) is 19.9. The molecular weight excluding hydrogens is 370 g/mol. The average Bonchev–Trinajstić information content (AvgIpc) is 3.00. The van der Waals surface area contributed by atoms with Crippen LogP contribution in [0.25, 0.3) is 5.69 Å². The molecule has 0 aliphatic carbocycles. The Bertz CT molecular complexity index is 938. The number of methoxy groups -OCH3 is 1. The normalized spacial score (nSPS) is 10.7. The molecule has 28 heavy (non-hydrogen) atoms. The second-order valence-electron chi connectivity index (χ2n) is 6.46. The lowest BCUT2D eigenvalue weighted by molar-refractivity contribution is -0.115. The summed E-state index contributed by atoms with van der Waals surface area (Å²) in [5.41, 5.74) is 4.67. The van der Waals surface area contributed by atoms with E-state index < -0.39 is 0 Å². The predicted octanol–water partition coefficient (Wildman–Crippen LogP) is 4.76. The highest BCUT2D eigenvalue weighted by Gasteiger charge is 2.15. The number of aromatic nitrogens is 2. The molecule has 1 heterocycles. The van der Waals surface area contributed by atoms with Gasteiger partial charge in [0, 0.05) is 23.5 Å². The van der Waals surface area contributed by atoms with E-state index in [4.69, 9.17) is 4.74 Å². The van der Waals surface area contributed by atoms with Gasteiger partial charge in [-0.1, -0.05) is 36.4 Å². The quantitative estimate of drug-likeness (QED) is 0.559. The average molecular weight is 396 g/mol. The van der Waals surface area contributed by atoms with E-state index in [9.17, 15) is 4.79 Å². The fourth-order valence-electron chi connectivity index (χ4n) is 3.02. The van der Waals surface area contributed by atoms with Crippen molar-refractivity contribution in [2.45, 2.75) is 26.0 Å². The molecule has 3 rings (SSSR count). The van der Waals surface area contributed by atoms with Crippen LogP contribution in [0.15, 0.2) is 54.6 Å². The van der Waals surface area contributed by atoms with Crippen LogP contribution in [-0.4, -0.2) is 28.6 Å². The molecule has 5 nitrogen and oxygen atoms in total. The van der Waals surface area contributed by atoms with Crippen molar-refractivity contribution in [2.24, 2.45) is 0 Å². The number of anilines is 1. The van der Waals surface area contributed by atoms with E-state index in [2.05, 4.69) is 16.5 Å². The largest absolute Gasteiger partial charge is 0.496 e. The summed E-state index contributed by atoms with van der Waals surface area (Å²) < 4.78 is 7.23. The minimum absolute atomic E-state index is 0.00587. The van der Waals surface area contributed by atoms with Crippen LogP contribution >= 0.6 is 11.8 Å². The minimum Gasteiger partial charge on any atom is -0.496 e. The lowest BCUT2D eigenvalue weighted by Gasteiger charge is -2.09. The molecule has 146 valence electrons. The van der Waals surface area contributed by atoms with Crippen LogP contribution in [0.1, 0.15) is 23.4 Å². The monoisotopic (exact) mass is 395 g/mol. The first-order valence-electron chi connectivity index (χ1n) is 9.21. The Morgan fingerprint density at radius 1 is 1.11 bits per heavy atom. The summed E-state index contributed by atoms with van der Waals surface area (Å²) in [4.78, 5) is 12.4. The second kappa shape index (κ2) is 9.46. The van der Waals surface area contributed by atoms with Crippen molar-refractivity contribution >= 4 is 23.4 Å². The molecule has 1 amide bonds. The van der Waals surface area contributed by atoms with E-state index in [1.54, 1.807) is 18.9 Å². The molecule has 1 N–H and O–H groups in total. The fraction of sp³-hybridized carbons (Fsp3) is 0.273. The van der Waals surface area contributed by atoms with Gasteiger partial charge >= 0.3 is 0 Å². The summed E-state index contributed by atoms with van der Waals surface area (Å²) in [6, 6.07) is 17.9. The maximum absolute atomic E-state index is 12.4. The highest BCUT2D eigenvalue weighted by Crippen LogP contribution is 2.25. The molecule has 0 spiro atoms. The molecule has 1 aromatic heterocycles. The van der Waals surface area contributed by atoms with E-state index in [0.717, 1.165) is 45.6 Å². The molecule has 0 atom stereocenters. The van der Waals surface area contributed by atoms with Gasteiger partial charge in [-0.3, -0.25) is 4.79 Å². The Balaban J connectivity index is 1.55. The van der Waals surface area contributed by atoms with Crippen molar-refractivity contribution in [1.82, 2.24) is 9.78 Å². The Hall–Kier alpha value is -2.73. The minimum atomic E-state index is 0.00587. The number of para-hydroxylation sites is 2. The third-order valence-electron chi connectivity index (χ3n) is 4.48. The molecule has 0 fully saturated rings. The molecule has 0 saturated carbocycles. The van der Waals surface area contributed by atoms with Crippen molar-refractivity contribution in [3.8, 4) is 11.4 Å². The maximum atomic E-state index is 12.4. The number of amides is 1. The van der Waals surface area contributed by atoms with Gasteiger partial charge in [0.25, 0.3) is 0 Å². The van der Waals surface area contributed by atoms with E-state index in [0.29, 0.717) is 6.42 Å². The van der Waals surface area contributed by atoms with Crippen molar-refractivity contribution in [1.29, 1.82) is 0 Å². The number of carbonyl (C=O) groups is 1. The van der Waals surface area contributed by atoms with Gasteiger partial charge in [0.05, 0.1) is 29.9 Å². The van der Waals surface area contributed by atoms with Crippen molar-refractivity contribution < 1.29 is 9.53 Å². The van der Waals surface area contributed by atoms with E-state index >= 15 is 0 Å². The zero-order valence-electron chi connectivity index (χ0n) is 16.4. The van der Waals surface area contributed by atoms with Gasteiger partial charge in [0.15, 0.2) is 0 Å². The van der Waals surface area contributed by atoms with Gasteiger partial charge in [-0.05, 0) is 32.0 Å². The van der Waals surface area contributed by atoms with E-state index in [1.807, 2.05) is 67.1 Å². The Kier molecular flexibility index (Phi) is 6.76. The number of nitrogens with zero attached hydrogens (tertiary/aromatic N) is 2. The number of hydrogen-bond acceptors (Lipinski definition) is 4. The van der Waals surface area contributed by atoms with Crippen LogP contribution in [0.3, 0.4) is 0 Å². The summed E-state index contributed by atoms with van der Waals surface area (Å²) in [5, 5.41) is 7.60. The molecule has 3 aromatic rings. The molecule has 0 radical (unpaired) electrons. The Labute approximate surface area is 170 Å².